The third kappa shape index (κ3) is 3.08. The molecule has 2 rings (SSSR count). The summed E-state index contributed by atoms with van der Waals surface area (Å²) in [6, 6.07) is 0.222. The van der Waals surface area contributed by atoms with Gasteiger partial charge in [-0.1, -0.05) is 50.6 Å². The van der Waals surface area contributed by atoms with E-state index in [1.165, 1.54) is 12.8 Å². The van der Waals surface area contributed by atoms with Crippen LogP contribution in [0.15, 0.2) is 0 Å². The van der Waals surface area contributed by atoms with Gasteiger partial charge in [0.2, 0.25) is 5.15 Å². The summed E-state index contributed by atoms with van der Waals surface area (Å²) in [5, 5.41) is 15.8. The second-order valence-corrected chi connectivity index (χ2v) is 5.54. The summed E-state index contributed by atoms with van der Waals surface area (Å²) in [4.78, 5) is 10.8. The molecular weight excluding hydrogens is 266 g/mol. The van der Waals surface area contributed by atoms with Crippen LogP contribution in [0.5, 0.6) is 0 Å². The van der Waals surface area contributed by atoms with Gasteiger partial charge in [-0.05, 0) is 19.3 Å². The zero-order valence-electron chi connectivity index (χ0n) is 11.3. The molecule has 0 amide bonds. The summed E-state index contributed by atoms with van der Waals surface area (Å²) in [6.45, 7) is 1.99. The molecule has 0 aliphatic heterocycles. The normalized spacial score (nSPS) is 17.4. The molecule has 1 aliphatic rings. The van der Waals surface area contributed by atoms with E-state index in [0.29, 0.717) is 12.1 Å². The van der Waals surface area contributed by atoms with E-state index in [2.05, 4.69) is 5.10 Å². The standard InChI is InChI=1S/C13H20ClN3O2/c1-2-7-11-12(17(18)19)13(14)16(15-11)10-8-5-3-4-6-9-10/h10H,2-9H2,1H3. The predicted octanol–water partition coefficient (Wildman–Crippen LogP) is 4.29. The molecule has 1 heterocycles. The molecule has 1 aromatic heterocycles. The molecule has 5 nitrogen and oxygen atoms in total. The highest BCUT2D eigenvalue weighted by Crippen LogP contribution is 2.35. The second-order valence-electron chi connectivity index (χ2n) is 5.18. The first-order chi connectivity index (χ1) is 9.15. The Kier molecular flexibility index (Phi) is 4.80. The summed E-state index contributed by atoms with van der Waals surface area (Å²) in [5.41, 5.74) is 0.537. The number of nitro groups is 1. The van der Waals surface area contributed by atoms with Gasteiger partial charge < -0.3 is 0 Å². The van der Waals surface area contributed by atoms with Crippen molar-refractivity contribution in [1.82, 2.24) is 9.78 Å². The lowest BCUT2D eigenvalue weighted by Gasteiger charge is -2.14. The largest absolute Gasteiger partial charge is 0.329 e. The lowest BCUT2D eigenvalue weighted by atomic mass is 10.1. The molecule has 0 N–H and O–H groups in total. The van der Waals surface area contributed by atoms with Crippen LogP contribution in [0.4, 0.5) is 5.69 Å². The van der Waals surface area contributed by atoms with Crippen LogP contribution >= 0.6 is 11.6 Å². The van der Waals surface area contributed by atoms with Crippen molar-refractivity contribution >= 4 is 17.3 Å². The quantitative estimate of drug-likeness (QED) is 0.471. The SMILES string of the molecule is CCCc1nn(C2CCCCCC2)c(Cl)c1[N+](=O)[O-]. The Balaban J connectivity index is 2.34. The topological polar surface area (TPSA) is 61.0 Å². The fraction of sp³-hybridized carbons (Fsp3) is 0.769. The molecule has 0 spiro atoms. The number of hydrogen-bond acceptors (Lipinski definition) is 3. The van der Waals surface area contributed by atoms with Crippen molar-refractivity contribution in [2.75, 3.05) is 0 Å². The van der Waals surface area contributed by atoms with E-state index >= 15 is 0 Å². The lowest BCUT2D eigenvalue weighted by molar-refractivity contribution is -0.385. The highest BCUT2D eigenvalue weighted by molar-refractivity contribution is 6.31. The Hall–Kier alpha value is -1.10. The van der Waals surface area contributed by atoms with Crippen LogP contribution in [0, 0.1) is 10.1 Å². The Morgan fingerprint density at radius 1 is 1.37 bits per heavy atom. The van der Waals surface area contributed by atoms with Gasteiger partial charge in [-0.2, -0.15) is 5.10 Å². The van der Waals surface area contributed by atoms with E-state index in [0.717, 1.165) is 32.1 Å². The van der Waals surface area contributed by atoms with Gasteiger partial charge in [0, 0.05) is 0 Å². The zero-order valence-corrected chi connectivity index (χ0v) is 12.0. The summed E-state index contributed by atoms with van der Waals surface area (Å²) in [6.07, 6.45) is 8.25. The van der Waals surface area contributed by atoms with Crippen molar-refractivity contribution in [3.63, 3.8) is 0 Å². The van der Waals surface area contributed by atoms with Crippen LogP contribution in [0.3, 0.4) is 0 Å². The van der Waals surface area contributed by atoms with E-state index in [4.69, 9.17) is 11.6 Å². The molecule has 106 valence electrons. The summed E-state index contributed by atoms with van der Waals surface area (Å²) < 4.78 is 1.70. The first kappa shape index (κ1) is 14.3. The molecule has 0 saturated heterocycles. The number of rotatable bonds is 4. The van der Waals surface area contributed by atoms with Crippen molar-refractivity contribution in [3.05, 3.63) is 21.0 Å². The molecule has 1 aliphatic carbocycles. The van der Waals surface area contributed by atoms with E-state index in [1.54, 1.807) is 4.68 Å². The average Bonchev–Trinajstić information content (AvgIpc) is 2.56. The number of hydrogen-bond donors (Lipinski definition) is 0. The first-order valence-electron chi connectivity index (χ1n) is 7.06. The number of nitrogens with zero attached hydrogens (tertiary/aromatic N) is 3. The van der Waals surface area contributed by atoms with Crippen LogP contribution in [0.1, 0.15) is 63.6 Å². The average molecular weight is 286 g/mol. The summed E-state index contributed by atoms with van der Waals surface area (Å²) in [5.74, 6) is 0. The van der Waals surface area contributed by atoms with Crippen LogP contribution in [0.25, 0.3) is 0 Å². The van der Waals surface area contributed by atoms with Gasteiger partial charge in [0.1, 0.15) is 5.69 Å². The van der Waals surface area contributed by atoms with Gasteiger partial charge in [-0.15, -0.1) is 0 Å². The van der Waals surface area contributed by atoms with Gasteiger partial charge >= 0.3 is 5.69 Å². The minimum absolute atomic E-state index is 0.00719. The Bertz CT molecular complexity index is 451. The van der Waals surface area contributed by atoms with Crippen molar-refractivity contribution in [2.24, 2.45) is 0 Å². The van der Waals surface area contributed by atoms with Crippen LogP contribution in [-0.2, 0) is 6.42 Å². The molecule has 1 aromatic rings. The molecular formula is C13H20ClN3O2. The fourth-order valence-corrected chi connectivity index (χ4v) is 3.13. The molecule has 19 heavy (non-hydrogen) atoms. The maximum absolute atomic E-state index is 11.1. The minimum atomic E-state index is -0.395. The monoisotopic (exact) mass is 285 g/mol. The zero-order chi connectivity index (χ0) is 13.8. The molecule has 0 bridgehead atoms. The highest BCUT2D eigenvalue weighted by atomic mass is 35.5. The van der Waals surface area contributed by atoms with Crippen LogP contribution < -0.4 is 0 Å². The Labute approximate surface area is 118 Å². The van der Waals surface area contributed by atoms with Gasteiger partial charge in [-0.3, -0.25) is 10.1 Å². The lowest BCUT2D eigenvalue weighted by Crippen LogP contribution is -2.10. The van der Waals surface area contributed by atoms with Crippen molar-refractivity contribution in [3.8, 4) is 0 Å². The fourth-order valence-electron chi connectivity index (χ4n) is 2.78. The van der Waals surface area contributed by atoms with E-state index in [1.807, 2.05) is 6.92 Å². The van der Waals surface area contributed by atoms with Gasteiger partial charge in [0.25, 0.3) is 0 Å². The minimum Gasteiger partial charge on any atom is -0.258 e. The number of aromatic nitrogens is 2. The third-order valence-electron chi connectivity index (χ3n) is 3.74. The van der Waals surface area contributed by atoms with E-state index in [9.17, 15) is 10.1 Å². The van der Waals surface area contributed by atoms with Crippen molar-refractivity contribution in [2.45, 2.75) is 64.3 Å². The van der Waals surface area contributed by atoms with E-state index < -0.39 is 4.92 Å². The maximum Gasteiger partial charge on any atom is 0.329 e. The second kappa shape index (κ2) is 6.37. The number of aryl methyl sites for hydroxylation is 1. The molecule has 0 atom stereocenters. The van der Waals surface area contributed by atoms with Gasteiger partial charge in [0.15, 0.2) is 0 Å². The third-order valence-corrected chi connectivity index (χ3v) is 4.09. The van der Waals surface area contributed by atoms with Crippen LogP contribution in [-0.4, -0.2) is 14.7 Å². The van der Waals surface area contributed by atoms with E-state index in [-0.39, 0.29) is 16.9 Å². The van der Waals surface area contributed by atoms with Crippen molar-refractivity contribution < 1.29 is 4.92 Å². The van der Waals surface area contributed by atoms with Gasteiger partial charge in [0.05, 0.1) is 11.0 Å². The van der Waals surface area contributed by atoms with Gasteiger partial charge in [-0.25, -0.2) is 4.68 Å². The molecule has 1 fully saturated rings. The highest BCUT2D eigenvalue weighted by Gasteiger charge is 2.29. The molecule has 0 radical (unpaired) electrons. The molecule has 1 saturated carbocycles. The Morgan fingerprint density at radius 2 is 2.00 bits per heavy atom. The number of halogens is 1. The first-order valence-corrected chi connectivity index (χ1v) is 7.44. The molecule has 6 heteroatoms. The summed E-state index contributed by atoms with van der Waals surface area (Å²) >= 11 is 6.21. The smallest absolute Gasteiger partial charge is 0.258 e. The molecule has 0 unspecified atom stereocenters. The maximum atomic E-state index is 11.1. The Morgan fingerprint density at radius 3 is 2.53 bits per heavy atom. The van der Waals surface area contributed by atoms with Crippen LogP contribution in [0.2, 0.25) is 5.15 Å². The van der Waals surface area contributed by atoms with Crippen molar-refractivity contribution in [1.29, 1.82) is 0 Å². The summed E-state index contributed by atoms with van der Waals surface area (Å²) in [7, 11) is 0. The predicted molar refractivity (Wildman–Crippen MR) is 74.6 cm³/mol. The molecule has 0 aromatic carbocycles.